The molecule has 0 fully saturated rings. The molecular formula is C15H12N4O2. The SMILES string of the molecule is O=C(N/N=C\c1ccc(O)cc1)c1ccc2nc[nH]c2c1. The average Bonchev–Trinajstić information content (AvgIpc) is 2.96. The summed E-state index contributed by atoms with van der Waals surface area (Å²) in [6.07, 6.45) is 3.08. The zero-order chi connectivity index (χ0) is 14.7. The minimum Gasteiger partial charge on any atom is -0.508 e. The minimum atomic E-state index is -0.304. The number of phenols is 1. The second-order valence-electron chi connectivity index (χ2n) is 4.43. The van der Waals surface area contributed by atoms with Gasteiger partial charge in [0.2, 0.25) is 0 Å². The highest BCUT2D eigenvalue weighted by molar-refractivity contribution is 5.97. The van der Waals surface area contributed by atoms with E-state index in [1.807, 2.05) is 0 Å². The molecule has 6 nitrogen and oxygen atoms in total. The van der Waals surface area contributed by atoms with E-state index >= 15 is 0 Å². The van der Waals surface area contributed by atoms with Crippen molar-refractivity contribution in [2.45, 2.75) is 0 Å². The zero-order valence-electron chi connectivity index (χ0n) is 10.9. The molecule has 1 aromatic heterocycles. The lowest BCUT2D eigenvalue weighted by Gasteiger charge is -2.00. The average molecular weight is 280 g/mol. The molecule has 1 amide bonds. The molecule has 0 aliphatic heterocycles. The zero-order valence-corrected chi connectivity index (χ0v) is 10.9. The molecule has 3 N–H and O–H groups in total. The molecule has 0 bridgehead atoms. The number of aromatic hydroxyl groups is 1. The number of hydrazone groups is 1. The topological polar surface area (TPSA) is 90.4 Å². The molecule has 2 aromatic carbocycles. The molecule has 1 heterocycles. The lowest BCUT2D eigenvalue weighted by atomic mass is 10.2. The maximum absolute atomic E-state index is 12.0. The van der Waals surface area contributed by atoms with Gasteiger partial charge in [-0.25, -0.2) is 10.4 Å². The number of benzene rings is 2. The number of rotatable bonds is 3. The van der Waals surface area contributed by atoms with E-state index in [-0.39, 0.29) is 11.7 Å². The summed E-state index contributed by atoms with van der Waals surface area (Å²) in [5.74, 6) is -0.120. The summed E-state index contributed by atoms with van der Waals surface area (Å²) in [5.41, 5.74) is 5.32. The van der Waals surface area contributed by atoms with Crippen molar-refractivity contribution in [3.63, 3.8) is 0 Å². The first-order valence-electron chi connectivity index (χ1n) is 6.28. The lowest BCUT2D eigenvalue weighted by Crippen LogP contribution is -2.17. The van der Waals surface area contributed by atoms with Crippen molar-refractivity contribution in [1.82, 2.24) is 15.4 Å². The molecule has 0 atom stereocenters. The van der Waals surface area contributed by atoms with Crippen LogP contribution >= 0.6 is 0 Å². The van der Waals surface area contributed by atoms with E-state index in [0.717, 1.165) is 16.6 Å². The first-order valence-corrected chi connectivity index (χ1v) is 6.28. The fraction of sp³-hybridized carbons (Fsp3) is 0. The second-order valence-corrected chi connectivity index (χ2v) is 4.43. The fourth-order valence-electron chi connectivity index (χ4n) is 1.87. The molecule has 0 aliphatic carbocycles. The number of carbonyl (C=O) groups excluding carboxylic acids is 1. The summed E-state index contributed by atoms with van der Waals surface area (Å²) in [4.78, 5) is 19.0. The standard InChI is InChI=1S/C15H12N4O2/c20-12-4-1-10(2-5-12)8-18-19-15(21)11-3-6-13-14(7-11)17-9-16-13/h1-9,20H,(H,16,17)(H,19,21)/b18-8-. The highest BCUT2D eigenvalue weighted by Crippen LogP contribution is 2.11. The van der Waals surface area contributed by atoms with Gasteiger partial charge in [-0.1, -0.05) is 0 Å². The van der Waals surface area contributed by atoms with Crippen molar-refractivity contribution in [2.75, 3.05) is 0 Å². The largest absolute Gasteiger partial charge is 0.508 e. The molecular weight excluding hydrogens is 268 g/mol. The van der Waals surface area contributed by atoms with Gasteiger partial charge in [-0.2, -0.15) is 5.10 Å². The Morgan fingerprint density at radius 3 is 2.86 bits per heavy atom. The van der Waals surface area contributed by atoms with Crippen molar-refractivity contribution in [3.05, 3.63) is 59.9 Å². The Hall–Kier alpha value is -3.15. The summed E-state index contributed by atoms with van der Waals surface area (Å²) in [5, 5.41) is 13.0. The number of aromatic amines is 1. The number of nitrogens with zero attached hydrogens (tertiary/aromatic N) is 2. The van der Waals surface area contributed by atoms with Crippen LogP contribution in [0.25, 0.3) is 11.0 Å². The van der Waals surface area contributed by atoms with Gasteiger partial charge in [0.15, 0.2) is 0 Å². The molecule has 0 saturated heterocycles. The number of aromatic nitrogens is 2. The predicted octanol–water partition coefficient (Wildman–Crippen LogP) is 2.03. The minimum absolute atomic E-state index is 0.184. The Kier molecular flexibility index (Phi) is 3.34. The van der Waals surface area contributed by atoms with Crippen molar-refractivity contribution < 1.29 is 9.90 Å². The van der Waals surface area contributed by atoms with Crippen LogP contribution in [0.2, 0.25) is 0 Å². The van der Waals surface area contributed by atoms with Crippen molar-refractivity contribution in [3.8, 4) is 5.75 Å². The van der Waals surface area contributed by atoms with Crippen LogP contribution in [0.3, 0.4) is 0 Å². The van der Waals surface area contributed by atoms with E-state index in [1.165, 1.54) is 6.21 Å². The normalized spacial score (nSPS) is 11.0. The van der Waals surface area contributed by atoms with E-state index in [2.05, 4.69) is 20.5 Å². The van der Waals surface area contributed by atoms with E-state index in [4.69, 9.17) is 5.11 Å². The van der Waals surface area contributed by atoms with Gasteiger partial charge >= 0.3 is 0 Å². The Bertz CT molecular complexity index is 806. The fourth-order valence-corrected chi connectivity index (χ4v) is 1.87. The molecule has 0 spiro atoms. The molecule has 0 unspecified atom stereocenters. The van der Waals surface area contributed by atoms with Crippen LogP contribution in [0.4, 0.5) is 0 Å². The third-order valence-corrected chi connectivity index (χ3v) is 2.96. The predicted molar refractivity (Wildman–Crippen MR) is 79.3 cm³/mol. The Balaban J connectivity index is 1.69. The summed E-state index contributed by atoms with van der Waals surface area (Å²) >= 11 is 0. The summed E-state index contributed by atoms with van der Waals surface area (Å²) in [7, 11) is 0. The van der Waals surface area contributed by atoms with E-state index in [9.17, 15) is 4.79 Å². The first kappa shape index (κ1) is 12.9. The van der Waals surface area contributed by atoms with E-state index in [0.29, 0.717) is 5.56 Å². The third-order valence-electron chi connectivity index (χ3n) is 2.96. The van der Waals surface area contributed by atoms with Crippen LogP contribution in [0, 0.1) is 0 Å². The van der Waals surface area contributed by atoms with Crippen LogP contribution in [-0.4, -0.2) is 27.2 Å². The summed E-state index contributed by atoms with van der Waals surface area (Å²) < 4.78 is 0. The van der Waals surface area contributed by atoms with Crippen LogP contribution in [0.1, 0.15) is 15.9 Å². The van der Waals surface area contributed by atoms with Crippen molar-refractivity contribution in [1.29, 1.82) is 0 Å². The van der Waals surface area contributed by atoms with Gasteiger partial charge in [-0.05, 0) is 48.0 Å². The van der Waals surface area contributed by atoms with Gasteiger partial charge in [0.25, 0.3) is 5.91 Å². The van der Waals surface area contributed by atoms with E-state index in [1.54, 1.807) is 48.8 Å². The number of nitrogens with one attached hydrogen (secondary N) is 2. The highest BCUT2D eigenvalue weighted by atomic mass is 16.3. The number of hydrogen-bond acceptors (Lipinski definition) is 4. The molecule has 0 radical (unpaired) electrons. The van der Waals surface area contributed by atoms with Crippen molar-refractivity contribution >= 4 is 23.2 Å². The molecule has 104 valence electrons. The maximum atomic E-state index is 12.0. The van der Waals surface area contributed by atoms with E-state index < -0.39 is 0 Å². The Morgan fingerprint density at radius 2 is 2.05 bits per heavy atom. The number of H-pyrrole nitrogens is 1. The number of phenolic OH excluding ortho intramolecular Hbond substituents is 1. The lowest BCUT2D eigenvalue weighted by molar-refractivity contribution is 0.0955. The molecule has 21 heavy (non-hydrogen) atoms. The quantitative estimate of drug-likeness (QED) is 0.506. The number of fused-ring (bicyclic) bond motifs is 1. The first-order chi connectivity index (χ1) is 10.2. The molecule has 3 aromatic rings. The smallest absolute Gasteiger partial charge is 0.271 e. The number of amides is 1. The summed E-state index contributed by atoms with van der Waals surface area (Å²) in [6, 6.07) is 11.7. The maximum Gasteiger partial charge on any atom is 0.271 e. The molecule has 0 aliphatic rings. The molecule has 3 rings (SSSR count). The van der Waals surface area contributed by atoms with Gasteiger partial charge in [0.1, 0.15) is 5.75 Å². The Morgan fingerprint density at radius 1 is 1.24 bits per heavy atom. The third kappa shape index (κ3) is 2.89. The number of carbonyl (C=O) groups is 1. The van der Waals surface area contributed by atoms with Crippen LogP contribution < -0.4 is 5.43 Å². The number of imidazole rings is 1. The summed E-state index contributed by atoms with van der Waals surface area (Å²) in [6.45, 7) is 0. The van der Waals surface area contributed by atoms with Crippen LogP contribution in [0.5, 0.6) is 5.75 Å². The van der Waals surface area contributed by atoms with Crippen LogP contribution in [-0.2, 0) is 0 Å². The molecule has 0 saturated carbocycles. The van der Waals surface area contributed by atoms with Gasteiger partial charge in [-0.3, -0.25) is 4.79 Å². The van der Waals surface area contributed by atoms with Gasteiger partial charge < -0.3 is 10.1 Å². The van der Waals surface area contributed by atoms with Crippen LogP contribution in [0.15, 0.2) is 53.9 Å². The molecule has 6 heteroatoms. The monoisotopic (exact) mass is 280 g/mol. The number of hydrogen-bond donors (Lipinski definition) is 3. The highest BCUT2D eigenvalue weighted by Gasteiger charge is 2.05. The van der Waals surface area contributed by atoms with Gasteiger partial charge in [0.05, 0.1) is 23.6 Å². The van der Waals surface area contributed by atoms with Crippen molar-refractivity contribution in [2.24, 2.45) is 5.10 Å². The van der Waals surface area contributed by atoms with Gasteiger partial charge in [-0.15, -0.1) is 0 Å². The second kappa shape index (κ2) is 5.46. The van der Waals surface area contributed by atoms with Gasteiger partial charge in [0, 0.05) is 5.56 Å². The Labute approximate surface area is 120 Å².